The minimum atomic E-state index is -4.57. The van der Waals surface area contributed by atoms with Crippen LogP contribution in [0.1, 0.15) is 18.4 Å². The first-order chi connectivity index (χ1) is 14.7. The number of aromatic nitrogens is 3. The zero-order valence-corrected chi connectivity index (χ0v) is 16.5. The Balaban J connectivity index is 1.80. The molecule has 0 amide bonds. The fourth-order valence-corrected chi connectivity index (χ4v) is 3.47. The van der Waals surface area contributed by atoms with Gasteiger partial charge in [0.15, 0.2) is 0 Å². The number of H-pyrrole nitrogens is 1. The lowest BCUT2D eigenvalue weighted by atomic mass is 10.1. The second-order valence-electron chi connectivity index (χ2n) is 7.23. The summed E-state index contributed by atoms with van der Waals surface area (Å²) in [5.41, 5.74) is -0.956. The van der Waals surface area contributed by atoms with E-state index in [1.807, 2.05) is 4.90 Å². The summed E-state index contributed by atoms with van der Waals surface area (Å²) in [7, 11) is 1.27. The normalized spacial score (nSPS) is 15.3. The van der Waals surface area contributed by atoms with Gasteiger partial charge in [0.2, 0.25) is 5.95 Å². The second kappa shape index (κ2) is 8.06. The number of pyridine rings is 1. The molecule has 4 rings (SSSR count). The molecule has 0 bridgehead atoms. The van der Waals surface area contributed by atoms with E-state index in [9.17, 15) is 23.1 Å². The molecule has 1 fully saturated rings. The number of methoxy groups -OCH3 is 1. The van der Waals surface area contributed by atoms with E-state index in [-0.39, 0.29) is 22.6 Å². The van der Waals surface area contributed by atoms with Crippen molar-refractivity contribution in [2.24, 2.45) is 0 Å². The van der Waals surface area contributed by atoms with E-state index in [4.69, 9.17) is 4.74 Å². The number of hydrogen-bond donors (Lipinski definition) is 3. The number of anilines is 3. The molecule has 1 aliphatic heterocycles. The summed E-state index contributed by atoms with van der Waals surface area (Å²) in [6.45, 7) is 1.04. The molecule has 1 saturated heterocycles. The van der Waals surface area contributed by atoms with Crippen molar-refractivity contribution in [1.82, 2.24) is 15.0 Å². The van der Waals surface area contributed by atoms with Gasteiger partial charge in [-0.2, -0.15) is 18.2 Å². The van der Waals surface area contributed by atoms with Crippen molar-refractivity contribution in [2.75, 3.05) is 30.4 Å². The zero-order valence-electron chi connectivity index (χ0n) is 16.5. The van der Waals surface area contributed by atoms with Gasteiger partial charge in [0, 0.05) is 31.0 Å². The van der Waals surface area contributed by atoms with Gasteiger partial charge < -0.3 is 25.0 Å². The summed E-state index contributed by atoms with van der Waals surface area (Å²) in [4.78, 5) is 25.7. The number of rotatable bonds is 4. The van der Waals surface area contributed by atoms with Gasteiger partial charge in [0.1, 0.15) is 17.0 Å². The molecule has 0 saturated carbocycles. The van der Waals surface area contributed by atoms with Crippen molar-refractivity contribution in [3.8, 4) is 5.75 Å². The van der Waals surface area contributed by atoms with Gasteiger partial charge in [-0.25, -0.2) is 4.98 Å². The quantitative estimate of drug-likeness (QED) is 0.579. The van der Waals surface area contributed by atoms with E-state index >= 15 is 0 Å². The van der Waals surface area contributed by atoms with Crippen LogP contribution in [0.15, 0.2) is 35.3 Å². The Morgan fingerprint density at radius 1 is 1.23 bits per heavy atom. The van der Waals surface area contributed by atoms with Crippen LogP contribution in [0.25, 0.3) is 10.9 Å². The van der Waals surface area contributed by atoms with Crippen molar-refractivity contribution in [3.63, 3.8) is 0 Å². The van der Waals surface area contributed by atoms with E-state index in [1.165, 1.54) is 19.4 Å². The fourth-order valence-electron chi connectivity index (χ4n) is 3.47. The molecule has 1 aliphatic rings. The Hall–Kier alpha value is -3.34. The van der Waals surface area contributed by atoms with E-state index < -0.39 is 23.4 Å². The number of piperidine rings is 1. The highest BCUT2D eigenvalue weighted by atomic mass is 19.4. The van der Waals surface area contributed by atoms with Crippen LogP contribution in [0.3, 0.4) is 0 Å². The molecule has 2 aromatic heterocycles. The first-order valence-corrected chi connectivity index (χ1v) is 9.60. The third-order valence-corrected chi connectivity index (χ3v) is 5.09. The number of fused-ring (bicyclic) bond motifs is 1. The van der Waals surface area contributed by atoms with Gasteiger partial charge in [-0.3, -0.25) is 4.79 Å². The molecule has 8 nitrogen and oxygen atoms in total. The van der Waals surface area contributed by atoms with Crippen molar-refractivity contribution in [2.45, 2.75) is 25.1 Å². The Labute approximate surface area is 174 Å². The van der Waals surface area contributed by atoms with Gasteiger partial charge in [-0.1, -0.05) is 0 Å². The summed E-state index contributed by atoms with van der Waals surface area (Å²) in [6, 6.07) is 4.79. The minimum Gasteiger partial charge on any atom is -0.497 e. The molecule has 0 atom stereocenters. The Kier molecular flexibility index (Phi) is 5.44. The molecule has 3 heterocycles. The number of nitrogens with zero attached hydrogens (tertiary/aromatic N) is 3. The fraction of sp³-hybridized carbons (Fsp3) is 0.350. The summed E-state index contributed by atoms with van der Waals surface area (Å²) < 4.78 is 44.9. The summed E-state index contributed by atoms with van der Waals surface area (Å²) >= 11 is 0. The van der Waals surface area contributed by atoms with Crippen molar-refractivity contribution < 1.29 is 23.0 Å². The summed E-state index contributed by atoms with van der Waals surface area (Å²) in [5, 5.41) is 12.7. The highest BCUT2D eigenvalue weighted by Gasteiger charge is 2.31. The minimum absolute atomic E-state index is 0.00911. The van der Waals surface area contributed by atoms with Gasteiger partial charge in [-0.05, 0) is 31.0 Å². The number of ether oxygens (including phenoxy) is 1. The smallest absolute Gasteiger partial charge is 0.416 e. The standard InChI is InChI=1S/C20H20F3N5O3/c1-31-14-9-11(20(21,22)23)8-12(10-14)25-17-16-15(2-5-24-18(16)30)26-19(27-17)28-6-3-13(29)4-7-28/h2,5,8-10,13,29H,3-4,6-7H2,1H3,(H,24,30)(H,25,26,27). The molecule has 0 spiro atoms. The number of nitrogens with one attached hydrogen (secondary N) is 2. The monoisotopic (exact) mass is 435 g/mol. The summed E-state index contributed by atoms with van der Waals surface area (Å²) in [5.74, 6) is 0.413. The van der Waals surface area contributed by atoms with Gasteiger partial charge in [-0.15, -0.1) is 0 Å². The van der Waals surface area contributed by atoms with Crippen LogP contribution in [-0.2, 0) is 6.18 Å². The first-order valence-electron chi connectivity index (χ1n) is 9.60. The van der Waals surface area contributed by atoms with Crippen molar-refractivity contribution >= 4 is 28.4 Å². The molecular weight excluding hydrogens is 415 g/mol. The van der Waals surface area contributed by atoms with Gasteiger partial charge >= 0.3 is 6.18 Å². The molecule has 3 N–H and O–H groups in total. The van der Waals surface area contributed by atoms with Crippen LogP contribution in [0.5, 0.6) is 5.75 Å². The number of aliphatic hydroxyl groups excluding tert-OH is 1. The number of aromatic amines is 1. The second-order valence-corrected chi connectivity index (χ2v) is 7.23. The molecular formula is C20H20F3N5O3. The Bertz CT molecular complexity index is 1160. The van der Waals surface area contributed by atoms with Crippen molar-refractivity contribution in [3.05, 3.63) is 46.4 Å². The van der Waals surface area contributed by atoms with Crippen LogP contribution in [0.2, 0.25) is 0 Å². The van der Waals surface area contributed by atoms with E-state index in [0.717, 1.165) is 12.1 Å². The van der Waals surface area contributed by atoms with Crippen LogP contribution in [-0.4, -0.2) is 46.4 Å². The SMILES string of the molecule is COc1cc(Nc2nc(N3CCC(O)CC3)nc3cc[nH]c(=O)c23)cc(C(F)(F)F)c1. The Morgan fingerprint density at radius 3 is 2.65 bits per heavy atom. The van der Waals surface area contributed by atoms with Crippen LogP contribution >= 0.6 is 0 Å². The molecule has 164 valence electrons. The van der Waals surface area contributed by atoms with E-state index in [1.54, 1.807) is 6.07 Å². The number of alkyl halides is 3. The van der Waals surface area contributed by atoms with E-state index in [0.29, 0.717) is 37.4 Å². The lowest BCUT2D eigenvalue weighted by Crippen LogP contribution is -2.37. The maximum absolute atomic E-state index is 13.3. The lowest BCUT2D eigenvalue weighted by molar-refractivity contribution is -0.137. The van der Waals surface area contributed by atoms with Gasteiger partial charge in [0.25, 0.3) is 5.56 Å². The van der Waals surface area contributed by atoms with Crippen LogP contribution < -0.4 is 20.5 Å². The van der Waals surface area contributed by atoms with Crippen LogP contribution in [0, 0.1) is 0 Å². The number of hydrogen-bond acceptors (Lipinski definition) is 7. The van der Waals surface area contributed by atoms with Gasteiger partial charge in [0.05, 0.1) is 24.3 Å². The molecule has 1 aromatic carbocycles. The lowest BCUT2D eigenvalue weighted by Gasteiger charge is -2.30. The zero-order chi connectivity index (χ0) is 22.2. The average molecular weight is 435 g/mol. The average Bonchev–Trinajstić information content (AvgIpc) is 2.73. The largest absolute Gasteiger partial charge is 0.497 e. The predicted molar refractivity (Wildman–Crippen MR) is 109 cm³/mol. The highest BCUT2D eigenvalue weighted by molar-refractivity contribution is 5.91. The third kappa shape index (κ3) is 4.41. The highest BCUT2D eigenvalue weighted by Crippen LogP contribution is 2.35. The predicted octanol–water partition coefficient (Wildman–Crippen LogP) is 3.05. The first kappa shape index (κ1) is 20.9. The number of aliphatic hydroxyl groups is 1. The molecule has 0 aliphatic carbocycles. The number of halogens is 3. The molecule has 0 radical (unpaired) electrons. The maximum atomic E-state index is 13.3. The van der Waals surface area contributed by atoms with Crippen LogP contribution in [0.4, 0.5) is 30.6 Å². The van der Waals surface area contributed by atoms with Crippen molar-refractivity contribution in [1.29, 1.82) is 0 Å². The molecule has 11 heteroatoms. The summed E-state index contributed by atoms with van der Waals surface area (Å²) in [6.07, 6.45) is -2.43. The van der Waals surface area contributed by atoms with E-state index in [2.05, 4.69) is 20.3 Å². The molecule has 31 heavy (non-hydrogen) atoms. The Morgan fingerprint density at radius 2 is 1.97 bits per heavy atom. The number of benzene rings is 1. The topological polar surface area (TPSA) is 103 Å². The molecule has 0 unspecified atom stereocenters. The molecule has 3 aromatic rings. The maximum Gasteiger partial charge on any atom is 0.416 e. The third-order valence-electron chi connectivity index (χ3n) is 5.09.